The van der Waals surface area contributed by atoms with Gasteiger partial charge in [-0.2, -0.15) is 0 Å². The number of hydrogen-bond donors (Lipinski definition) is 1. The molecule has 2 aromatic rings. The van der Waals surface area contributed by atoms with E-state index in [0.717, 1.165) is 11.0 Å². The van der Waals surface area contributed by atoms with Crippen LogP contribution in [0.25, 0.3) is 11.0 Å². The predicted molar refractivity (Wildman–Crippen MR) is 54.5 cm³/mol. The molecule has 2 N–H and O–H groups in total. The molecule has 0 saturated heterocycles. The fraction of sp³-hybridized carbons (Fsp3) is 0.300. The second-order valence-electron chi connectivity index (χ2n) is 3.49. The summed E-state index contributed by atoms with van der Waals surface area (Å²) in [6.45, 7) is 4.28. The van der Waals surface area contributed by atoms with Crippen LogP contribution in [0.5, 0.6) is 0 Å². The molecule has 2 rings (SSSR count). The topological polar surface area (TPSA) is 43.8 Å². The van der Waals surface area contributed by atoms with E-state index in [1.807, 2.05) is 18.3 Å². The molecule has 0 aromatic carbocycles. The number of hydrogen-bond acceptors (Lipinski definition) is 2. The van der Waals surface area contributed by atoms with Crippen LogP contribution < -0.4 is 5.73 Å². The van der Waals surface area contributed by atoms with Crippen molar-refractivity contribution in [2.45, 2.75) is 19.9 Å². The summed E-state index contributed by atoms with van der Waals surface area (Å²) in [6, 6.07) is 4.41. The molecule has 0 fully saturated rings. The van der Waals surface area contributed by atoms with Gasteiger partial charge in [-0.3, -0.25) is 4.98 Å². The molecule has 0 bridgehead atoms. The maximum absolute atomic E-state index is 5.68. The van der Waals surface area contributed by atoms with Crippen molar-refractivity contribution in [3.63, 3.8) is 0 Å². The Labute approximate surface area is 77.2 Å². The van der Waals surface area contributed by atoms with Gasteiger partial charge in [0.2, 0.25) is 0 Å². The van der Waals surface area contributed by atoms with E-state index in [1.54, 1.807) is 6.20 Å². The third kappa shape index (κ3) is 1.26. The minimum Gasteiger partial charge on any atom is -0.397 e. The zero-order chi connectivity index (χ0) is 9.42. The minimum absolute atomic E-state index is 0.445. The number of pyridine rings is 1. The first kappa shape index (κ1) is 8.10. The van der Waals surface area contributed by atoms with Crippen LogP contribution in [0.15, 0.2) is 24.5 Å². The van der Waals surface area contributed by atoms with Gasteiger partial charge in [-0.05, 0) is 26.0 Å². The van der Waals surface area contributed by atoms with Crippen LogP contribution in [0.1, 0.15) is 19.9 Å². The lowest BCUT2D eigenvalue weighted by atomic mass is 10.3. The summed E-state index contributed by atoms with van der Waals surface area (Å²) in [5.74, 6) is 0. The van der Waals surface area contributed by atoms with Crippen LogP contribution in [-0.2, 0) is 0 Å². The largest absolute Gasteiger partial charge is 0.397 e. The molecule has 0 unspecified atom stereocenters. The molecular weight excluding hydrogens is 162 g/mol. The SMILES string of the molecule is CC(C)n1ccc2ncc(N)cc21. The van der Waals surface area contributed by atoms with Gasteiger partial charge in [0.15, 0.2) is 0 Å². The normalized spacial score (nSPS) is 11.3. The van der Waals surface area contributed by atoms with Crippen molar-refractivity contribution >= 4 is 16.7 Å². The van der Waals surface area contributed by atoms with Crippen LogP contribution in [0.4, 0.5) is 5.69 Å². The average molecular weight is 175 g/mol. The second kappa shape index (κ2) is 2.76. The van der Waals surface area contributed by atoms with Gasteiger partial charge in [0, 0.05) is 12.2 Å². The minimum atomic E-state index is 0.445. The first-order chi connectivity index (χ1) is 6.18. The Morgan fingerprint density at radius 3 is 2.92 bits per heavy atom. The van der Waals surface area contributed by atoms with Gasteiger partial charge in [0.25, 0.3) is 0 Å². The lowest BCUT2D eigenvalue weighted by molar-refractivity contribution is 0.623. The zero-order valence-corrected chi connectivity index (χ0v) is 7.86. The Bertz CT molecular complexity index is 429. The lowest BCUT2D eigenvalue weighted by Gasteiger charge is -2.08. The van der Waals surface area contributed by atoms with Crippen molar-refractivity contribution in [1.82, 2.24) is 9.55 Å². The number of nitrogens with zero attached hydrogens (tertiary/aromatic N) is 2. The van der Waals surface area contributed by atoms with Crippen molar-refractivity contribution in [3.8, 4) is 0 Å². The summed E-state index contributed by atoms with van der Waals surface area (Å²) < 4.78 is 2.17. The van der Waals surface area contributed by atoms with Gasteiger partial charge >= 0.3 is 0 Å². The molecule has 0 amide bonds. The summed E-state index contributed by atoms with van der Waals surface area (Å²) in [5, 5.41) is 0. The highest BCUT2D eigenvalue weighted by atomic mass is 15.0. The molecule has 0 saturated carbocycles. The summed E-state index contributed by atoms with van der Waals surface area (Å²) in [4.78, 5) is 4.24. The molecule has 0 spiro atoms. The summed E-state index contributed by atoms with van der Waals surface area (Å²) >= 11 is 0. The van der Waals surface area contributed by atoms with Gasteiger partial charge in [-0.1, -0.05) is 0 Å². The molecule has 13 heavy (non-hydrogen) atoms. The number of rotatable bonds is 1. The maximum atomic E-state index is 5.68. The maximum Gasteiger partial charge on any atom is 0.0882 e. The van der Waals surface area contributed by atoms with E-state index in [9.17, 15) is 0 Å². The van der Waals surface area contributed by atoms with Crippen molar-refractivity contribution < 1.29 is 0 Å². The molecule has 0 aliphatic heterocycles. The number of nitrogens with two attached hydrogens (primary N) is 1. The van der Waals surface area contributed by atoms with Gasteiger partial charge in [-0.25, -0.2) is 0 Å². The zero-order valence-electron chi connectivity index (χ0n) is 7.86. The Balaban J connectivity index is 2.71. The number of anilines is 1. The molecule has 0 atom stereocenters. The first-order valence-corrected chi connectivity index (χ1v) is 4.40. The van der Waals surface area contributed by atoms with Crippen molar-refractivity contribution in [2.75, 3.05) is 5.73 Å². The Morgan fingerprint density at radius 2 is 2.23 bits per heavy atom. The second-order valence-corrected chi connectivity index (χ2v) is 3.49. The average Bonchev–Trinajstić information content (AvgIpc) is 2.46. The van der Waals surface area contributed by atoms with Crippen molar-refractivity contribution in [2.24, 2.45) is 0 Å². The highest BCUT2D eigenvalue weighted by Gasteiger charge is 2.04. The Morgan fingerprint density at radius 1 is 1.46 bits per heavy atom. The molecule has 3 heteroatoms. The van der Waals surface area contributed by atoms with Gasteiger partial charge in [0.05, 0.1) is 22.9 Å². The van der Waals surface area contributed by atoms with Crippen LogP contribution >= 0.6 is 0 Å². The van der Waals surface area contributed by atoms with E-state index in [2.05, 4.69) is 23.4 Å². The molecule has 0 aliphatic rings. The van der Waals surface area contributed by atoms with Crippen LogP contribution in [0, 0.1) is 0 Å². The molecular formula is C10H13N3. The van der Waals surface area contributed by atoms with E-state index in [1.165, 1.54) is 0 Å². The molecule has 3 nitrogen and oxygen atoms in total. The van der Waals surface area contributed by atoms with Crippen LogP contribution in [-0.4, -0.2) is 9.55 Å². The van der Waals surface area contributed by atoms with Gasteiger partial charge in [0.1, 0.15) is 0 Å². The van der Waals surface area contributed by atoms with Crippen molar-refractivity contribution in [1.29, 1.82) is 0 Å². The number of fused-ring (bicyclic) bond motifs is 1. The summed E-state index contributed by atoms with van der Waals surface area (Å²) in [6.07, 6.45) is 3.73. The van der Waals surface area contributed by atoms with Gasteiger partial charge < -0.3 is 10.3 Å². The quantitative estimate of drug-likeness (QED) is 0.722. The van der Waals surface area contributed by atoms with E-state index >= 15 is 0 Å². The van der Waals surface area contributed by atoms with E-state index in [0.29, 0.717) is 11.7 Å². The van der Waals surface area contributed by atoms with E-state index in [-0.39, 0.29) is 0 Å². The van der Waals surface area contributed by atoms with E-state index < -0.39 is 0 Å². The highest BCUT2D eigenvalue weighted by molar-refractivity contribution is 5.78. The number of aromatic nitrogens is 2. The number of nitrogen functional groups attached to an aromatic ring is 1. The molecule has 0 radical (unpaired) electrons. The van der Waals surface area contributed by atoms with Gasteiger partial charge in [-0.15, -0.1) is 0 Å². The fourth-order valence-corrected chi connectivity index (χ4v) is 1.50. The Hall–Kier alpha value is -1.51. The third-order valence-corrected chi connectivity index (χ3v) is 2.15. The summed E-state index contributed by atoms with van der Waals surface area (Å²) in [5.41, 5.74) is 8.50. The fourth-order valence-electron chi connectivity index (χ4n) is 1.50. The molecule has 2 heterocycles. The smallest absolute Gasteiger partial charge is 0.0882 e. The molecule has 0 aliphatic carbocycles. The Kier molecular flexibility index (Phi) is 1.72. The molecule has 68 valence electrons. The monoisotopic (exact) mass is 175 g/mol. The van der Waals surface area contributed by atoms with Crippen LogP contribution in [0.2, 0.25) is 0 Å². The first-order valence-electron chi connectivity index (χ1n) is 4.40. The van der Waals surface area contributed by atoms with Crippen molar-refractivity contribution in [3.05, 3.63) is 24.5 Å². The predicted octanol–water partition coefficient (Wildman–Crippen LogP) is 2.20. The summed E-state index contributed by atoms with van der Waals surface area (Å²) in [7, 11) is 0. The lowest BCUT2D eigenvalue weighted by Crippen LogP contribution is -1.98. The third-order valence-electron chi connectivity index (χ3n) is 2.15. The highest BCUT2D eigenvalue weighted by Crippen LogP contribution is 2.19. The van der Waals surface area contributed by atoms with Crippen LogP contribution in [0.3, 0.4) is 0 Å². The standard InChI is InChI=1S/C10H13N3/c1-7(2)13-4-3-9-10(13)5-8(11)6-12-9/h3-7H,11H2,1-2H3. The molecule has 2 aromatic heterocycles. The van der Waals surface area contributed by atoms with E-state index in [4.69, 9.17) is 5.73 Å².